The summed E-state index contributed by atoms with van der Waals surface area (Å²) in [7, 11) is 2.64. The Morgan fingerprint density at radius 2 is 1.00 bits per heavy atom. The third-order valence-electron chi connectivity index (χ3n) is 3.76. The van der Waals surface area contributed by atoms with Gasteiger partial charge in [-0.2, -0.15) is 0 Å². The van der Waals surface area contributed by atoms with Crippen LogP contribution in [0.15, 0.2) is 46.4 Å². The van der Waals surface area contributed by atoms with E-state index in [-0.39, 0.29) is 11.9 Å². The molecule has 0 radical (unpaired) electrons. The largest absolute Gasteiger partial charge is 0.503 e. The van der Waals surface area contributed by atoms with Crippen LogP contribution in [0.3, 0.4) is 0 Å². The van der Waals surface area contributed by atoms with Crippen molar-refractivity contribution < 1.29 is 34.1 Å². The van der Waals surface area contributed by atoms with Gasteiger partial charge in [-0.1, -0.05) is 12.1 Å². The van der Waals surface area contributed by atoms with Crippen molar-refractivity contribution in [3.63, 3.8) is 0 Å². The average molecular weight is 476 g/mol. The Morgan fingerprint density at radius 1 is 0.706 bits per heavy atom. The van der Waals surface area contributed by atoms with Gasteiger partial charge in [0.2, 0.25) is 0 Å². The molecule has 0 saturated carbocycles. The minimum absolute atomic E-state index is 0.0416. The summed E-state index contributed by atoms with van der Waals surface area (Å²) in [5, 5.41) is 13.9. The predicted molar refractivity (Wildman–Crippen MR) is 127 cm³/mol. The van der Waals surface area contributed by atoms with Crippen LogP contribution in [-0.2, 0) is 9.47 Å². The number of aliphatic imine (C=N–C) groups is 2. The van der Waals surface area contributed by atoms with Crippen molar-refractivity contribution in [2.75, 3.05) is 14.2 Å². The summed E-state index contributed by atoms with van der Waals surface area (Å²) >= 11 is 0. The van der Waals surface area contributed by atoms with E-state index in [0.29, 0.717) is 22.5 Å². The number of hydrogen-bond donors (Lipinski definition) is 6. The zero-order valence-electron chi connectivity index (χ0n) is 19.1. The zero-order chi connectivity index (χ0) is 26.4. The van der Waals surface area contributed by atoms with Gasteiger partial charge in [0, 0.05) is 0 Å². The van der Waals surface area contributed by atoms with Crippen molar-refractivity contribution in [3.8, 4) is 0 Å². The van der Waals surface area contributed by atoms with Crippen LogP contribution < -0.4 is 22.9 Å². The lowest BCUT2D eigenvalue weighted by molar-refractivity contribution is 0.0592. The first-order valence-corrected chi connectivity index (χ1v) is 9.31. The number of nitrogens with two attached hydrogens (primary N) is 4. The molecule has 0 unspecified atom stereocenters. The smallest absolute Gasteiger partial charge is 0.465 e. The van der Waals surface area contributed by atoms with Gasteiger partial charge < -0.3 is 42.6 Å². The lowest BCUT2D eigenvalue weighted by Gasteiger charge is -2.03. The van der Waals surface area contributed by atoms with Gasteiger partial charge >= 0.3 is 18.1 Å². The van der Waals surface area contributed by atoms with Crippen LogP contribution in [0, 0.1) is 13.8 Å². The van der Waals surface area contributed by atoms with E-state index in [0.717, 1.165) is 11.1 Å². The number of carbonyl (C=O) groups excluding carboxylic acids is 2. The number of aryl methyl sites for hydroxylation is 2. The SMILES string of the molecule is COC(=O)c1ccc(C)c(N=C(N)N)c1.COC(=O)c1ccc(C)c(N=C(N)N)c1.O=C(O)O. The molecule has 0 aliphatic heterocycles. The van der Waals surface area contributed by atoms with Crippen molar-refractivity contribution >= 4 is 41.4 Å². The highest BCUT2D eigenvalue weighted by atomic mass is 16.6. The fourth-order valence-corrected chi connectivity index (χ4v) is 2.23. The van der Waals surface area contributed by atoms with Crippen LogP contribution in [0.25, 0.3) is 0 Å². The molecule has 0 fully saturated rings. The monoisotopic (exact) mass is 476 g/mol. The van der Waals surface area contributed by atoms with Gasteiger partial charge in [-0.25, -0.2) is 24.4 Å². The third kappa shape index (κ3) is 11.0. The van der Waals surface area contributed by atoms with Crippen molar-refractivity contribution in [2.24, 2.45) is 32.9 Å². The quantitative estimate of drug-likeness (QED) is 0.210. The number of ether oxygens (including phenoxy) is 2. The Kier molecular flexibility index (Phi) is 12.3. The molecule has 0 aliphatic carbocycles. The second kappa shape index (κ2) is 14.3. The van der Waals surface area contributed by atoms with Crippen molar-refractivity contribution in [1.29, 1.82) is 0 Å². The van der Waals surface area contributed by atoms with Crippen molar-refractivity contribution in [2.45, 2.75) is 13.8 Å². The molecule has 0 aromatic heterocycles. The topological polar surface area (TPSA) is 239 Å². The van der Waals surface area contributed by atoms with Crippen LogP contribution in [0.1, 0.15) is 31.8 Å². The third-order valence-corrected chi connectivity index (χ3v) is 3.76. The Morgan fingerprint density at radius 3 is 1.24 bits per heavy atom. The minimum Gasteiger partial charge on any atom is -0.465 e. The second-order valence-electron chi connectivity index (χ2n) is 6.34. The molecule has 34 heavy (non-hydrogen) atoms. The Bertz CT molecular complexity index is 992. The van der Waals surface area contributed by atoms with Crippen LogP contribution in [0.2, 0.25) is 0 Å². The lowest BCUT2D eigenvalue weighted by atomic mass is 10.1. The van der Waals surface area contributed by atoms with E-state index in [2.05, 4.69) is 19.5 Å². The number of nitrogens with zero attached hydrogens (tertiary/aromatic N) is 2. The average Bonchev–Trinajstić information content (AvgIpc) is 2.75. The number of carbonyl (C=O) groups is 3. The molecule has 0 amide bonds. The fraction of sp³-hybridized carbons (Fsp3) is 0.190. The maximum absolute atomic E-state index is 11.2. The maximum atomic E-state index is 11.2. The number of hydrogen-bond acceptors (Lipinski definition) is 7. The molecule has 0 heterocycles. The predicted octanol–water partition coefficient (Wildman–Crippen LogP) is 1.60. The van der Waals surface area contributed by atoms with Gasteiger partial charge in [0.25, 0.3) is 0 Å². The highest BCUT2D eigenvalue weighted by Crippen LogP contribution is 2.21. The van der Waals surface area contributed by atoms with E-state index in [4.69, 9.17) is 37.9 Å². The highest BCUT2D eigenvalue weighted by molar-refractivity contribution is 5.92. The van der Waals surface area contributed by atoms with Crippen LogP contribution in [-0.4, -0.2) is 54.4 Å². The lowest BCUT2D eigenvalue weighted by Crippen LogP contribution is -2.22. The Balaban J connectivity index is 0.000000554. The summed E-state index contributed by atoms with van der Waals surface area (Å²) in [6.45, 7) is 3.70. The van der Waals surface area contributed by atoms with E-state index >= 15 is 0 Å². The molecule has 2 rings (SSSR count). The molecule has 0 bridgehead atoms. The summed E-state index contributed by atoms with van der Waals surface area (Å²) in [5.74, 6) is -0.913. The summed E-state index contributed by atoms with van der Waals surface area (Å²) in [5.41, 5.74) is 24.8. The van der Waals surface area contributed by atoms with Gasteiger partial charge in [-0.3, -0.25) is 0 Å². The minimum atomic E-state index is -1.83. The normalized spacial score (nSPS) is 9.06. The first kappa shape index (κ1) is 29.2. The number of benzene rings is 2. The second-order valence-corrected chi connectivity index (χ2v) is 6.34. The maximum Gasteiger partial charge on any atom is 0.503 e. The van der Waals surface area contributed by atoms with E-state index in [9.17, 15) is 9.59 Å². The molecule has 13 nitrogen and oxygen atoms in total. The summed E-state index contributed by atoms with van der Waals surface area (Å²) < 4.78 is 9.17. The molecule has 0 aliphatic rings. The molecule has 0 spiro atoms. The Labute approximate surface area is 195 Å². The standard InChI is InChI=1S/2C10H13N3O2.CH2O3/c2*1-6-3-4-7(9(14)15-2)5-8(6)13-10(11)12;2-1(3)4/h2*3-5H,1-2H3,(H4,11,12,13);(H2,2,3,4). The van der Waals surface area contributed by atoms with E-state index in [1.165, 1.54) is 14.2 Å². The van der Waals surface area contributed by atoms with Crippen LogP contribution in [0.5, 0.6) is 0 Å². The van der Waals surface area contributed by atoms with Gasteiger partial charge in [0.1, 0.15) is 0 Å². The molecule has 2 aromatic rings. The molecule has 184 valence electrons. The van der Waals surface area contributed by atoms with Gasteiger partial charge in [-0.15, -0.1) is 0 Å². The van der Waals surface area contributed by atoms with E-state index in [1.807, 2.05) is 13.8 Å². The van der Waals surface area contributed by atoms with Gasteiger partial charge in [0.15, 0.2) is 11.9 Å². The Hall–Kier alpha value is -4.81. The van der Waals surface area contributed by atoms with Crippen LogP contribution >= 0.6 is 0 Å². The highest BCUT2D eigenvalue weighted by Gasteiger charge is 2.08. The number of methoxy groups -OCH3 is 2. The van der Waals surface area contributed by atoms with Gasteiger partial charge in [0.05, 0.1) is 36.7 Å². The summed E-state index contributed by atoms with van der Waals surface area (Å²) in [6.07, 6.45) is -1.83. The molecule has 2 aromatic carbocycles. The van der Waals surface area contributed by atoms with Crippen molar-refractivity contribution in [3.05, 3.63) is 58.7 Å². The van der Waals surface area contributed by atoms with Crippen molar-refractivity contribution in [1.82, 2.24) is 0 Å². The van der Waals surface area contributed by atoms with Crippen LogP contribution in [0.4, 0.5) is 16.2 Å². The summed E-state index contributed by atoms with van der Waals surface area (Å²) in [6, 6.07) is 10.0. The molecule has 13 heteroatoms. The first-order valence-electron chi connectivity index (χ1n) is 9.31. The van der Waals surface area contributed by atoms with E-state index in [1.54, 1.807) is 36.4 Å². The fourth-order valence-electron chi connectivity index (χ4n) is 2.23. The molecule has 0 atom stereocenters. The number of esters is 2. The molecular weight excluding hydrogens is 448 g/mol. The number of carboxylic acid groups (broad SMARTS) is 2. The summed E-state index contributed by atoms with van der Waals surface area (Å²) in [4.78, 5) is 38.8. The van der Waals surface area contributed by atoms with E-state index < -0.39 is 18.1 Å². The molecule has 0 saturated heterocycles. The number of rotatable bonds is 4. The zero-order valence-corrected chi connectivity index (χ0v) is 19.1. The molecular formula is C21H28N6O7. The first-order chi connectivity index (χ1) is 15.8. The van der Waals surface area contributed by atoms with Gasteiger partial charge in [-0.05, 0) is 49.2 Å². The molecule has 10 N–H and O–H groups in total. The number of guanidine groups is 2.